The lowest BCUT2D eigenvalue weighted by molar-refractivity contribution is -0.157. The van der Waals surface area contributed by atoms with E-state index in [1.165, 1.54) is 15.9 Å². The Kier molecular flexibility index (Phi) is 8.18. The van der Waals surface area contributed by atoms with Gasteiger partial charge in [-0.3, -0.25) is 23.9 Å². The van der Waals surface area contributed by atoms with Crippen LogP contribution in [-0.2, 0) is 43.5 Å². The molecule has 0 radical (unpaired) electrons. The summed E-state index contributed by atoms with van der Waals surface area (Å²) in [6.07, 6.45) is 1.71. The molecule has 3 N–H and O–H groups in total. The summed E-state index contributed by atoms with van der Waals surface area (Å²) in [4.78, 5) is 81.2. The number of carbonyl (C=O) groups excluding carboxylic acids is 6. The number of esters is 1. The molecule has 242 valence electrons. The summed E-state index contributed by atoms with van der Waals surface area (Å²) in [6, 6.07) is -3.21. The highest BCUT2D eigenvalue weighted by atomic mass is 32.2. The monoisotopic (exact) mass is 637 g/mol. The number of hydrogen-bond donors (Lipinski definition) is 3. The molecule has 44 heavy (non-hydrogen) atoms. The molecule has 15 nitrogen and oxygen atoms in total. The smallest absolute Gasteiger partial charge is 0.408 e. The lowest BCUT2D eigenvalue weighted by Gasteiger charge is -2.32. The standard InChI is InChI=1S/C28H39N5O10S/c1-5-15-13-28(15,25(38)31-44(40,41)17-8-9-17)30-22(35)19-7-6-10-32(19)23(36)18(29-26(39)43-27(2,3)4)12-21(34)33-14-16-11-20(33)24(37)42-16/h5,15-20H,1,6-14H2,2-4H3,(H,29,39)(H,30,35)(H,31,38)/t15-,16+,18+,19+,20+,28-/m1/s1. The van der Waals surface area contributed by atoms with Crippen molar-refractivity contribution in [2.45, 2.75) is 106 Å². The molecule has 2 saturated carbocycles. The number of morpholine rings is 1. The highest BCUT2D eigenvalue weighted by Crippen LogP contribution is 2.45. The quantitative estimate of drug-likeness (QED) is 0.207. The largest absolute Gasteiger partial charge is 0.459 e. The summed E-state index contributed by atoms with van der Waals surface area (Å²) >= 11 is 0. The van der Waals surface area contributed by atoms with Crippen LogP contribution in [0.1, 0.15) is 65.7 Å². The first kappa shape index (κ1) is 31.7. The lowest BCUT2D eigenvalue weighted by Crippen LogP contribution is -2.59. The second kappa shape index (κ2) is 11.3. The van der Waals surface area contributed by atoms with Gasteiger partial charge in [-0.25, -0.2) is 18.0 Å². The zero-order valence-electron chi connectivity index (χ0n) is 25.0. The number of nitrogens with zero attached hydrogens (tertiary/aromatic N) is 2. The molecule has 16 heteroatoms. The summed E-state index contributed by atoms with van der Waals surface area (Å²) < 4.78 is 37.4. The zero-order chi connectivity index (χ0) is 32.2. The Bertz CT molecular complexity index is 1390. The summed E-state index contributed by atoms with van der Waals surface area (Å²) in [5.74, 6) is -3.79. The zero-order valence-corrected chi connectivity index (χ0v) is 25.8. The van der Waals surface area contributed by atoms with Crippen molar-refractivity contribution >= 4 is 45.7 Å². The second-order valence-electron chi connectivity index (χ2n) is 13.1. The Morgan fingerprint density at radius 2 is 1.86 bits per heavy atom. The fourth-order valence-corrected chi connectivity index (χ4v) is 7.45. The molecule has 5 fully saturated rings. The molecule has 0 unspecified atom stereocenters. The molecule has 0 aromatic carbocycles. The van der Waals surface area contributed by atoms with E-state index >= 15 is 0 Å². The van der Waals surface area contributed by atoms with Crippen LogP contribution in [-0.4, -0.2) is 108 Å². The van der Waals surface area contributed by atoms with Gasteiger partial charge >= 0.3 is 12.1 Å². The molecule has 2 bridgehead atoms. The fourth-order valence-electron chi connectivity index (χ4n) is 6.09. The van der Waals surface area contributed by atoms with E-state index in [1.54, 1.807) is 20.8 Å². The number of likely N-dealkylation sites (tertiary alicyclic amines) is 2. The Hall–Kier alpha value is -3.69. The third-order valence-electron chi connectivity index (χ3n) is 8.59. The Labute approximate surface area is 255 Å². The van der Waals surface area contributed by atoms with Crippen molar-refractivity contribution in [2.24, 2.45) is 5.92 Å². The molecule has 0 aromatic rings. The number of ether oxygens (including phenoxy) is 2. The van der Waals surface area contributed by atoms with E-state index in [1.807, 2.05) is 0 Å². The van der Waals surface area contributed by atoms with Crippen molar-refractivity contribution in [3.63, 3.8) is 0 Å². The lowest BCUT2D eigenvalue weighted by atomic mass is 10.1. The van der Waals surface area contributed by atoms with E-state index < -0.39 is 98.7 Å². The molecule has 5 aliphatic rings. The molecule has 0 spiro atoms. The normalized spacial score (nSPS) is 29.8. The molecule has 5 amide bonds. The Balaban J connectivity index is 1.30. The van der Waals surface area contributed by atoms with Crippen LogP contribution in [0.5, 0.6) is 0 Å². The van der Waals surface area contributed by atoms with Gasteiger partial charge in [0.1, 0.15) is 35.4 Å². The average Bonchev–Trinajstić information content (AvgIpc) is 3.76. The number of rotatable bonds is 10. The second-order valence-corrected chi connectivity index (χ2v) is 15.1. The van der Waals surface area contributed by atoms with Gasteiger partial charge in [-0.2, -0.15) is 0 Å². The van der Waals surface area contributed by atoms with Crippen LogP contribution in [0.3, 0.4) is 0 Å². The third-order valence-corrected chi connectivity index (χ3v) is 10.4. The summed E-state index contributed by atoms with van der Waals surface area (Å²) in [5.41, 5.74) is -2.42. The molecule has 2 aliphatic carbocycles. The van der Waals surface area contributed by atoms with E-state index in [0.717, 1.165) is 0 Å². The summed E-state index contributed by atoms with van der Waals surface area (Å²) in [6.45, 7) is 8.92. The number of fused-ring (bicyclic) bond motifs is 2. The van der Waals surface area contributed by atoms with Gasteiger partial charge in [0.2, 0.25) is 27.7 Å². The minimum absolute atomic E-state index is 0.137. The minimum atomic E-state index is -3.87. The van der Waals surface area contributed by atoms with Crippen LogP contribution < -0.4 is 15.4 Å². The van der Waals surface area contributed by atoms with Gasteiger partial charge in [-0.15, -0.1) is 6.58 Å². The predicted molar refractivity (Wildman–Crippen MR) is 152 cm³/mol. The maximum atomic E-state index is 13.9. The van der Waals surface area contributed by atoms with E-state index in [4.69, 9.17) is 9.47 Å². The minimum Gasteiger partial charge on any atom is -0.459 e. The van der Waals surface area contributed by atoms with Gasteiger partial charge in [0.25, 0.3) is 5.91 Å². The maximum Gasteiger partial charge on any atom is 0.408 e. The first-order chi connectivity index (χ1) is 20.5. The molecule has 3 saturated heterocycles. The number of hydrogen-bond acceptors (Lipinski definition) is 10. The van der Waals surface area contributed by atoms with Gasteiger partial charge in [0, 0.05) is 18.9 Å². The van der Waals surface area contributed by atoms with Crippen LogP contribution in [0.2, 0.25) is 0 Å². The predicted octanol–water partition coefficient (Wildman–Crippen LogP) is -0.544. The van der Waals surface area contributed by atoms with E-state index in [2.05, 4.69) is 21.9 Å². The van der Waals surface area contributed by atoms with Crippen molar-refractivity contribution in [1.29, 1.82) is 0 Å². The van der Waals surface area contributed by atoms with Crippen LogP contribution in [0.4, 0.5) is 4.79 Å². The van der Waals surface area contributed by atoms with Gasteiger partial charge in [-0.05, 0) is 52.9 Å². The summed E-state index contributed by atoms with van der Waals surface area (Å²) in [5, 5.41) is 4.50. The number of alkyl carbamates (subject to hydrolysis) is 1. The van der Waals surface area contributed by atoms with Crippen LogP contribution in [0.25, 0.3) is 0 Å². The molecule has 6 atom stereocenters. The molecule has 5 rings (SSSR count). The molecule has 3 aliphatic heterocycles. The number of sulfonamides is 1. The average molecular weight is 638 g/mol. The Morgan fingerprint density at radius 3 is 2.43 bits per heavy atom. The van der Waals surface area contributed by atoms with Gasteiger partial charge in [-0.1, -0.05) is 6.08 Å². The van der Waals surface area contributed by atoms with Crippen LogP contribution in [0.15, 0.2) is 12.7 Å². The SMILES string of the molecule is C=C[C@@H]1C[C@]1(NC(=O)[C@@H]1CCCN1C(=O)[C@H](CC(=O)N1C[C@@H]2C[C@H]1C(=O)O2)NC(=O)OC(C)(C)C)C(=O)NS(=O)(=O)C1CC1. The fraction of sp³-hybridized carbons (Fsp3) is 0.714. The molecular formula is C28H39N5O10S. The molecule has 0 aromatic heterocycles. The summed E-state index contributed by atoms with van der Waals surface area (Å²) in [7, 11) is -3.87. The molecular weight excluding hydrogens is 598 g/mol. The first-order valence-corrected chi connectivity index (χ1v) is 16.4. The van der Waals surface area contributed by atoms with Crippen molar-refractivity contribution < 1.29 is 46.7 Å². The number of carbonyl (C=O) groups is 6. The van der Waals surface area contributed by atoms with Gasteiger partial charge in [0.15, 0.2) is 0 Å². The number of nitrogens with one attached hydrogen (secondary N) is 3. The number of amides is 5. The van der Waals surface area contributed by atoms with E-state index in [9.17, 15) is 37.2 Å². The molecule has 3 heterocycles. The van der Waals surface area contributed by atoms with Crippen molar-refractivity contribution in [3.8, 4) is 0 Å². The maximum absolute atomic E-state index is 13.9. The van der Waals surface area contributed by atoms with Gasteiger partial charge in [0.05, 0.1) is 18.2 Å². The van der Waals surface area contributed by atoms with Crippen LogP contribution >= 0.6 is 0 Å². The van der Waals surface area contributed by atoms with E-state index in [0.29, 0.717) is 25.7 Å². The Morgan fingerprint density at radius 1 is 1.16 bits per heavy atom. The van der Waals surface area contributed by atoms with Crippen molar-refractivity contribution in [1.82, 2.24) is 25.2 Å². The van der Waals surface area contributed by atoms with Gasteiger partial charge < -0.3 is 29.9 Å². The van der Waals surface area contributed by atoms with Crippen molar-refractivity contribution in [3.05, 3.63) is 12.7 Å². The first-order valence-electron chi connectivity index (χ1n) is 14.9. The highest BCUT2D eigenvalue weighted by molar-refractivity contribution is 7.91. The highest BCUT2D eigenvalue weighted by Gasteiger charge is 2.61. The van der Waals surface area contributed by atoms with Crippen molar-refractivity contribution in [2.75, 3.05) is 13.1 Å². The van der Waals surface area contributed by atoms with Crippen LogP contribution in [0, 0.1) is 5.92 Å². The van der Waals surface area contributed by atoms with E-state index in [-0.39, 0.29) is 25.9 Å². The topological polar surface area (TPSA) is 198 Å². The third kappa shape index (κ3) is 6.40.